The van der Waals surface area contributed by atoms with E-state index in [-0.39, 0.29) is 30.4 Å². The number of hydrogen-bond acceptors (Lipinski definition) is 3. The van der Waals surface area contributed by atoms with E-state index in [0.29, 0.717) is 23.8 Å². The van der Waals surface area contributed by atoms with Crippen LogP contribution in [0, 0.1) is 0 Å². The monoisotopic (exact) mass is 340 g/mol. The molecule has 0 saturated carbocycles. The highest BCUT2D eigenvalue weighted by Gasteiger charge is 2.15. The fourth-order valence-corrected chi connectivity index (χ4v) is 2.38. The maximum Gasteiger partial charge on any atom is 0.319 e. The van der Waals surface area contributed by atoms with Crippen molar-refractivity contribution in [3.05, 3.63) is 29.8 Å². The van der Waals surface area contributed by atoms with Crippen molar-refractivity contribution in [1.82, 2.24) is 16.0 Å². The van der Waals surface area contributed by atoms with Crippen molar-refractivity contribution in [3.8, 4) is 0 Å². The summed E-state index contributed by atoms with van der Waals surface area (Å²) in [5.74, 6) is -0.0909. The van der Waals surface area contributed by atoms with Gasteiger partial charge in [-0.25, -0.2) is 4.79 Å². The van der Waals surface area contributed by atoms with Crippen molar-refractivity contribution < 1.29 is 9.59 Å². The van der Waals surface area contributed by atoms with Gasteiger partial charge in [-0.2, -0.15) is 0 Å². The summed E-state index contributed by atoms with van der Waals surface area (Å²) in [6.45, 7) is 5.47. The van der Waals surface area contributed by atoms with Crippen molar-refractivity contribution in [2.45, 2.75) is 38.8 Å². The lowest BCUT2D eigenvalue weighted by Gasteiger charge is -2.12. The molecule has 1 saturated heterocycles. The van der Waals surface area contributed by atoms with E-state index in [1.165, 1.54) is 6.42 Å². The summed E-state index contributed by atoms with van der Waals surface area (Å²) in [5.41, 5.74) is 1.25. The van der Waals surface area contributed by atoms with Gasteiger partial charge >= 0.3 is 6.03 Å². The van der Waals surface area contributed by atoms with Gasteiger partial charge in [0.25, 0.3) is 5.91 Å². The SMILES string of the molecule is CC(C)NC(=O)Nc1ccc(C(=O)NCC2CCCN2)cc1.Cl. The Hall–Kier alpha value is -1.79. The molecule has 1 aromatic carbocycles. The molecule has 128 valence electrons. The molecule has 0 aliphatic carbocycles. The number of urea groups is 1. The smallest absolute Gasteiger partial charge is 0.319 e. The van der Waals surface area contributed by atoms with Crippen molar-refractivity contribution in [1.29, 1.82) is 0 Å². The third-order valence-electron chi connectivity index (χ3n) is 3.50. The van der Waals surface area contributed by atoms with Gasteiger partial charge in [-0.05, 0) is 57.5 Å². The fourth-order valence-electron chi connectivity index (χ4n) is 2.38. The van der Waals surface area contributed by atoms with Gasteiger partial charge in [0.05, 0.1) is 0 Å². The first-order chi connectivity index (χ1) is 10.5. The molecule has 23 heavy (non-hydrogen) atoms. The fraction of sp³-hybridized carbons (Fsp3) is 0.500. The minimum Gasteiger partial charge on any atom is -0.350 e. The normalized spacial score (nSPS) is 16.6. The van der Waals surface area contributed by atoms with Crippen molar-refractivity contribution in [2.75, 3.05) is 18.4 Å². The largest absolute Gasteiger partial charge is 0.350 e. The molecule has 1 heterocycles. The van der Waals surface area contributed by atoms with Gasteiger partial charge in [0.2, 0.25) is 0 Å². The Kier molecular flexibility index (Phi) is 7.85. The first-order valence-corrected chi connectivity index (χ1v) is 7.74. The lowest BCUT2D eigenvalue weighted by atomic mass is 10.2. The van der Waals surface area contributed by atoms with Gasteiger partial charge in [0.15, 0.2) is 0 Å². The molecule has 0 spiro atoms. The van der Waals surface area contributed by atoms with Gasteiger partial charge in [-0.1, -0.05) is 0 Å². The van der Waals surface area contributed by atoms with Crippen LogP contribution >= 0.6 is 12.4 Å². The van der Waals surface area contributed by atoms with E-state index < -0.39 is 0 Å². The van der Waals surface area contributed by atoms with E-state index in [9.17, 15) is 9.59 Å². The minimum atomic E-state index is -0.250. The average Bonchev–Trinajstić information content (AvgIpc) is 2.98. The maximum absolute atomic E-state index is 12.0. The number of benzene rings is 1. The average molecular weight is 341 g/mol. The lowest BCUT2D eigenvalue weighted by molar-refractivity contribution is 0.0950. The number of carbonyl (C=O) groups excluding carboxylic acids is 2. The van der Waals surface area contributed by atoms with Gasteiger partial charge in [0.1, 0.15) is 0 Å². The molecule has 0 bridgehead atoms. The van der Waals surface area contributed by atoms with Crippen molar-refractivity contribution in [2.24, 2.45) is 0 Å². The van der Waals surface area contributed by atoms with Crippen LogP contribution in [-0.4, -0.2) is 37.1 Å². The van der Waals surface area contributed by atoms with Crippen molar-refractivity contribution in [3.63, 3.8) is 0 Å². The number of halogens is 1. The molecule has 1 aliphatic heterocycles. The minimum absolute atomic E-state index is 0. The lowest BCUT2D eigenvalue weighted by Crippen LogP contribution is -2.37. The Labute approximate surface area is 143 Å². The predicted molar refractivity (Wildman–Crippen MR) is 94.3 cm³/mol. The number of carbonyl (C=O) groups is 2. The topological polar surface area (TPSA) is 82.3 Å². The number of nitrogens with one attached hydrogen (secondary N) is 4. The zero-order chi connectivity index (χ0) is 15.9. The van der Waals surface area contributed by atoms with Crippen LogP contribution in [0.25, 0.3) is 0 Å². The molecule has 1 unspecified atom stereocenters. The molecular weight excluding hydrogens is 316 g/mol. The number of hydrogen-bond donors (Lipinski definition) is 4. The Morgan fingerprint density at radius 1 is 1.26 bits per heavy atom. The van der Waals surface area contributed by atoms with Gasteiger partial charge < -0.3 is 21.3 Å². The standard InChI is InChI=1S/C16H24N4O2.ClH/c1-11(2)19-16(22)20-13-7-5-12(6-8-13)15(21)18-10-14-4-3-9-17-14;/h5-8,11,14,17H,3-4,9-10H2,1-2H3,(H,18,21)(H2,19,20,22);1H. The summed E-state index contributed by atoms with van der Waals surface area (Å²) in [6, 6.07) is 7.08. The quantitative estimate of drug-likeness (QED) is 0.662. The van der Waals surface area contributed by atoms with Crippen LogP contribution in [-0.2, 0) is 0 Å². The molecule has 0 radical (unpaired) electrons. The van der Waals surface area contributed by atoms with Crippen LogP contribution in [0.1, 0.15) is 37.0 Å². The van der Waals surface area contributed by atoms with Gasteiger partial charge in [-0.15, -0.1) is 12.4 Å². The second-order valence-electron chi connectivity index (χ2n) is 5.83. The summed E-state index contributed by atoms with van der Waals surface area (Å²) < 4.78 is 0. The van der Waals surface area contributed by atoms with Crippen LogP contribution in [0.5, 0.6) is 0 Å². The third-order valence-corrected chi connectivity index (χ3v) is 3.50. The Bertz CT molecular complexity index is 513. The first-order valence-electron chi connectivity index (χ1n) is 7.74. The molecule has 6 nitrogen and oxygen atoms in total. The molecule has 3 amide bonds. The number of anilines is 1. The summed E-state index contributed by atoms with van der Waals surface area (Å²) >= 11 is 0. The number of rotatable bonds is 5. The van der Waals surface area contributed by atoms with Crippen LogP contribution < -0.4 is 21.3 Å². The number of amides is 3. The second kappa shape index (κ2) is 9.37. The predicted octanol–water partition coefficient (Wildman–Crippen LogP) is 2.12. The van der Waals surface area contributed by atoms with Crippen LogP contribution in [0.2, 0.25) is 0 Å². The first kappa shape index (κ1) is 19.3. The zero-order valence-corrected chi connectivity index (χ0v) is 14.3. The van der Waals surface area contributed by atoms with Crippen molar-refractivity contribution >= 4 is 30.0 Å². The zero-order valence-electron chi connectivity index (χ0n) is 13.5. The molecule has 1 aliphatic rings. The molecule has 1 fully saturated rings. The summed E-state index contributed by atoms with van der Waals surface area (Å²) in [4.78, 5) is 23.6. The van der Waals surface area contributed by atoms with Crippen LogP contribution in [0.15, 0.2) is 24.3 Å². The third kappa shape index (κ3) is 6.46. The summed E-state index contributed by atoms with van der Waals surface area (Å²) in [6.07, 6.45) is 2.27. The molecule has 4 N–H and O–H groups in total. The summed E-state index contributed by atoms with van der Waals surface area (Å²) in [7, 11) is 0. The molecule has 1 aromatic rings. The van der Waals surface area contributed by atoms with Crippen LogP contribution in [0.4, 0.5) is 10.5 Å². The molecule has 7 heteroatoms. The highest BCUT2D eigenvalue weighted by Crippen LogP contribution is 2.10. The van der Waals surface area contributed by atoms with E-state index in [0.717, 1.165) is 13.0 Å². The van der Waals surface area contributed by atoms with Crippen LogP contribution in [0.3, 0.4) is 0 Å². The Morgan fingerprint density at radius 3 is 2.52 bits per heavy atom. The molecule has 2 rings (SSSR count). The van der Waals surface area contributed by atoms with E-state index in [1.807, 2.05) is 13.8 Å². The van der Waals surface area contributed by atoms with E-state index in [4.69, 9.17) is 0 Å². The molecule has 0 aromatic heterocycles. The van der Waals surface area contributed by atoms with Gasteiger partial charge in [-0.3, -0.25) is 4.79 Å². The van der Waals surface area contributed by atoms with E-state index in [1.54, 1.807) is 24.3 Å². The Balaban J connectivity index is 0.00000264. The molecular formula is C16H25ClN4O2. The summed E-state index contributed by atoms with van der Waals surface area (Å²) in [5, 5.41) is 11.7. The van der Waals surface area contributed by atoms with Gasteiger partial charge in [0, 0.05) is 29.9 Å². The second-order valence-corrected chi connectivity index (χ2v) is 5.83. The molecule has 1 atom stereocenters. The maximum atomic E-state index is 12.0. The van der Waals surface area contributed by atoms with E-state index in [2.05, 4.69) is 21.3 Å². The highest BCUT2D eigenvalue weighted by molar-refractivity contribution is 5.95. The van der Waals surface area contributed by atoms with E-state index >= 15 is 0 Å². The Morgan fingerprint density at radius 2 is 1.96 bits per heavy atom. The highest BCUT2D eigenvalue weighted by atomic mass is 35.5.